The standard InChI is InChI=1S/C12H11NO6/c1-19-10-4-7(6-14)2-3-8(10)13-9(12(17)18)5-11(15)16/h2-6,13H,1H3,(H,15,16)(H,17,18). The second kappa shape index (κ2) is 6.20. The first-order valence-electron chi connectivity index (χ1n) is 5.06. The molecule has 1 rings (SSSR count). The Balaban J connectivity index is 3.13. The van der Waals surface area contributed by atoms with Crippen molar-refractivity contribution in [3.8, 4) is 5.75 Å². The zero-order valence-electron chi connectivity index (χ0n) is 9.91. The Bertz CT molecular complexity index is 549. The summed E-state index contributed by atoms with van der Waals surface area (Å²) in [6.45, 7) is 0. The highest BCUT2D eigenvalue weighted by Crippen LogP contribution is 2.26. The van der Waals surface area contributed by atoms with Crippen molar-refractivity contribution in [1.29, 1.82) is 0 Å². The van der Waals surface area contributed by atoms with Gasteiger partial charge < -0.3 is 20.3 Å². The van der Waals surface area contributed by atoms with Crippen molar-refractivity contribution in [3.63, 3.8) is 0 Å². The number of anilines is 1. The van der Waals surface area contributed by atoms with Crippen LogP contribution in [-0.4, -0.2) is 35.5 Å². The first kappa shape index (κ1) is 14.2. The van der Waals surface area contributed by atoms with Crippen molar-refractivity contribution in [2.45, 2.75) is 0 Å². The van der Waals surface area contributed by atoms with Gasteiger partial charge in [-0.05, 0) is 18.2 Å². The van der Waals surface area contributed by atoms with Crippen LogP contribution in [0, 0.1) is 0 Å². The fourth-order valence-corrected chi connectivity index (χ4v) is 1.30. The molecule has 0 aliphatic carbocycles. The zero-order valence-corrected chi connectivity index (χ0v) is 9.91. The van der Waals surface area contributed by atoms with Crippen LogP contribution in [0.1, 0.15) is 10.4 Å². The number of rotatable bonds is 6. The molecule has 0 aliphatic heterocycles. The van der Waals surface area contributed by atoms with Gasteiger partial charge in [0.15, 0.2) is 0 Å². The number of carboxylic acid groups (broad SMARTS) is 2. The molecule has 0 heterocycles. The molecule has 0 saturated heterocycles. The Hall–Kier alpha value is -2.83. The molecule has 0 atom stereocenters. The molecule has 0 fully saturated rings. The van der Waals surface area contributed by atoms with Crippen LogP contribution in [0.3, 0.4) is 0 Å². The lowest BCUT2D eigenvalue weighted by molar-refractivity contribution is -0.134. The summed E-state index contributed by atoms with van der Waals surface area (Å²) in [5.74, 6) is -2.60. The van der Waals surface area contributed by atoms with Crippen molar-refractivity contribution in [2.24, 2.45) is 0 Å². The summed E-state index contributed by atoms with van der Waals surface area (Å²) in [5.41, 5.74) is 0.0640. The topological polar surface area (TPSA) is 113 Å². The summed E-state index contributed by atoms with van der Waals surface area (Å²) in [6, 6.07) is 4.26. The summed E-state index contributed by atoms with van der Waals surface area (Å²) >= 11 is 0. The van der Waals surface area contributed by atoms with E-state index < -0.39 is 17.6 Å². The fraction of sp³-hybridized carbons (Fsp3) is 0.0833. The second-order valence-electron chi connectivity index (χ2n) is 3.40. The van der Waals surface area contributed by atoms with E-state index in [-0.39, 0.29) is 11.4 Å². The van der Waals surface area contributed by atoms with Crippen LogP contribution in [0.15, 0.2) is 30.0 Å². The van der Waals surface area contributed by atoms with Gasteiger partial charge in [-0.25, -0.2) is 9.59 Å². The third-order valence-electron chi connectivity index (χ3n) is 2.13. The normalized spacial score (nSPS) is 10.7. The number of ether oxygens (including phenoxy) is 1. The van der Waals surface area contributed by atoms with Crippen LogP contribution in [0.2, 0.25) is 0 Å². The van der Waals surface area contributed by atoms with Crippen LogP contribution in [0.4, 0.5) is 5.69 Å². The van der Waals surface area contributed by atoms with E-state index in [4.69, 9.17) is 14.9 Å². The Morgan fingerprint density at radius 1 is 1.32 bits per heavy atom. The summed E-state index contributed by atoms with van der Waals surface area (Å²) in [6.07, 6.45) is 1.13. The van der Waals surface area contributed by atoms with E-state index in [0.717, 1.165) is 0 Å². The maximum atomic E-state index is 10.9. The van der Waals surface area contributed by atoms with E-state index in [0.29, 0.717) is 17.9 Å². The lowest BCUT2D eigenvalue weighted by Crippen LogP contribution is -2.13. The molecular weight excluding hydrogens is 254 g/mol. The smallest absolute Gasteiger partial charge is 0.352 e. The van der Waals surface area contributed by atoms with E-state index in [2.05, 4.69) is 5.32 Å². The summed E-state index contributed by atoms with van der Waals surface area (Å²) < 4.78 is 4.98. The van der Waals surface area contributed by atoms with Gasteiger partial charge in [0.1, 0.15) is 17.7 Å². The monoisotopic (exact) mass is 265 g/mol. The lowest BCUT2D eigenvalue weighted by atomic mass is 10.2. The zero-order chi connectivity index (χ0) is 14.4. The highest BCUT2D eigenvalue weighted by Gasteiger charge is 2.12. The Morgan fingerprint density at radius 3 is 2.47 bits per heavy atom. The number of hydrogen-bond acceptors (Lipinski definition) is 5. The van der Waals surface area contributed by atoms with Gasteiger partial charge in [0.05, 0.1) is 18.9 Å². The molecule has 19 heavy (non-hydrogen) atoms. The molecule has 0 unspecified atom stereocenters. The summed E-state index contributed by atoms with van der Waals surface area (Å²) in [4.78, 5) is 32.0. The van der Waals surface area contributed by atoms with Crippen molar-refractivity contribution >= 4 is 23.9 Å². The van der Waals surface area contributed by atoms with Gasteiger partial charge in [-0.2, -0.15) is 0 Å². The van der Waals surface area contributed by atoms with E-state index in [1.807, 2.05) is 0 Å². The number of methoxy groups -OCH3 is 1. The number of aldehydes is 1. The number of hydrogen-bond donors (Lipinski definition) is 3. The Kier molecular flexibility index (Phi) is 4.64. The maximum Gasteiger partial charge on any atom is 0.352 e. The first-order chi connectivity index (χ1) is 8.97. The predicted octanol–water partition coefficient (Wildman–Crippen LogP) is 0.973. The molecule has 0 aromatic heterocycles. The second-order valence-corrected chi connectivity index (χ2v) is 3.40. The number of carbonyl (C=O) groups excluding carboxylic acids is 1. The van der Waals surface area contributed by atoms with E-state index in [1.54, 1.807) is 0 Å². The largest absolute Gasteiger partial charge is 0.495 e. The van der Waals surface area contributed by atoms with Gasteiger partial charge in [0, 0.05) is 5.56 Å². The Morgan fingerprint density at radius 2 is 2.00 bits per heavy atom. The van der Waals surface area contributed by atoms with E-state index in [1.165, 1.54) is 25.3 Å². The van der Waals surface area contributed by atoms with Gasteiger partial charge in [-0.1, -0.05) is 0 Å². The number of nitrogens with one attached hydrogen (secondary N) is 1. The molecule has 0 aliphatic rings. The van der Waals surface area contributed by atoms with Crippen LogP contribution in [0.25, 0.3) is 0 Å². The lowest BCUT2D eigenvalue weighted by Gasteiger charge is -2.11. The summed E-state index contributed by atoms with van der Waals surface area (Å²) in [7, 11) is 1.34. The third-order valence-corrected chi connectivity index (χ3v) is 2.13. The van der Waals surface area contributed by atoms with Gasteiger partial charge in [0.2, 0.25) is 0 Å². The molecule has 0 spiro atoms. The van der Waals surface area contributed by atoms with Gasteiger partial charge in [-0.3, -0.25) is 4.79 Å². The van der Waals surface area contributed by atoms with Crippen molar-refractivity contribution in [2.75, 3.05) is 12.4 Å². The number of carboxylic acids is 2. The van der Waals surface area contributed by atoms with Crippen LogP contribution in [-0.2, 0) is 9.59 Å². The highest BCUT2D eigenvalue weighted by atomic mass is 16.5. The molecule has 100 valence electrons. The molecule has 0 amide bonds. The number of carbonyl (C=O) groups is 3. The molecular formula is C12H11NO6. The van der Waals surface area contributed by atoms with Crippen LogP contribution >= 0.6 is 0 Å². The highest BCUT2D eigenvalue weighted by molar-refractivity contribution is 5.97. The number of benzene rings is 1. The molecule has 3 N–H and O–H groups in total. The average Bonchev–Trinajstić information content (AvgIpc) is 2.37. The minimum Gasteiger partial charge on any atom is -0.495 e. The van der Waals surface area contributed by atoms with E-state index >= 15 is 0 Å². The van der Waals surface area contributed by atoms with E-state index in [9.17, 15) is 14.4 Å². The molecule has 7 heteroatoms. The number of aliphatic carboxylic acids is 2. The third kappa shape index (κ3) is 3.84. The molecule has 0 radical (unpaired) electrons. The van der Waals surface area contributed by atoms with Crippen molar-refractivity contribution in [1.82, 2.24) is 0 Å². The SMILES string of the molecule is COc1cc(C=O)ccc1NC(=CC(=O)O)C(=O)O. The Labute approximate surface area is 108 Å². The van der Waals surface area contributed by atoms with Gasteiger partial charge in [-0.15, -0.1) is 0 Å². The quantitative estimate of drug-likeness (QED) is 0.518. The molecule has 7 nitrogen and oxygen atoms in total. The first-order valence-corrected chi connectivity index (χ1v) is 5.06. The fourth-order valence-electron chi connectivity index (χ4n) is 1.30. The minimum atomic E-state index is -1.43. The molecule has 0 saturated carbocycles. The van der Waals surface area contributed by atoms with Crippen molar-refractivity contribution in [3.05, 3.63) is 35.5 Å². The van der Waals surface area contributed by atoms with Crippen molar-refractivity contribution < 1.29 is 29.3 Å². The molecule has 1 aromatic rings. The van der Waals surface area contributed by atoms with Crippen LogP contribution in [0.5, 0.6) is 5.75 Å². The van der Waals surface area contributed by atoms with Gasteiger partial charge >= 0.3 is 11.9 Å². The predicted molar refractivity (Wildman–Crippen MR) is 65.4 cm³/mol. The van der Waals surface area contributed by atoms with Gasteiger partial charge in [0.25, 0.3) is 0 Å². The molecule has 1 aromatic carbocycles. The summed E-state index contributed by atoms with van der Waals surface area (Å²) in [5, 5.41) is 19.8. The average molecular weight is 265 g/mol. The maximum absolute atomic E-state index is 10.9. The minimum absolute atomic E-state index is 0.224. The van der Waals surface area contributed by atoms with Crippen LogP contribution < -0.4 is 10.1 Å². The molecule has 0 bridgehead atoms.